The van der Waals surface area contributed by atoms with Crippen molar-refractivity contribution in [2.45, 2.75) is 76.8 Å². The van der Waals surface area contributed by atoms with Crippen LogP contribution in [0.2, 0.25) is 0 Å². The third-order valence-electron chi connectivity index (χ3n) is 7.10. The zero-order valence-corrected chi connectivity index (χ0v) is 22.0. The number of likely N-dealkylation sites (tertiary alicyclic amines) is 2. The third kappa shape index (κ3) is 9.04. The minimum atomic E-state index is 0. The summed E-state index contributed by atoms with van der Waals surface area (Å²) in [7, 11) is 1.70. The second kappa shape index (κ2) is 14.5. The SMILES string of the molecule is CCNC(=NCC1CCCN1CC1CCCCC1)NC1CCN(CC(=O)NC)CC1.I. The molecule has 1 amide bonds. The highest BCUT2D eigenvalue weighted by atomic mass is 127. The van der Waals surface area contributed by atoms with Crippen LogP contribution in [0.4, 0.5) is 0 Å². The van der Waals surface area contributed by atoms with E-state index in [0.717, 1.165) is 50.9 Å². The number of guanidine groups is 1. The van der Waals surface area contributed by atoms with Crippen LogP contribution in [-0.2, 0) is 4.79 Å². The molecule has 180 valence electrons. The first-order valence-electron chi connectivity index (χ1n) is 12.4. The van der Waals surface area contributed by atoms with E-state index in [-0.39, 0.29) is 29.9 Å². The molecule has 1 aliphatic carbocycles. The summed E-state index contributed by atoms with van der Waals surface area (Å²) in [5.74, 6) is 1.98. The van der Waals surface area contributed by atoms with Crippen LogP contribution in [0.5, 0.6) is 0 Å². The number of carbonyl (C=O) groups excluding carboxylic acids is 1. The van der Waals surface area contributed by atoms with Gasteiger partial charge >= 0.3 is 0 Å². The Labute approximate surface area is 206 Å². The predicted molar refractivity (Wildman–Crippen MR) is 139 cm³/mol. The number of nitrogens with one attached hydrogen (secondary N) is 3. The van der Waals surface area contributed by atoms with Crippen LogP contribution < -0.4 is 16.0 Å². The van der Waals surface area contributed by atoms with Gasteiger partial charge in [-0.1, -0.05) is 19.3 Å². The number of amides is 1. The highest BCUT2D eigenvalue weighted by Gasteiger charge is 2.27. The van der Waals surface area contributed by atoms with Crippen LogP contribution >= 0.6 is 24.0 Å². The van der Waals surface area contributed by atoms with Gasteiger partial charge in [0, 0.05) is 45.3 Å². The monoisotopic (exact) mass is 548 g/mol. The Hall–Kier alpha value is -0.610. The molecule has 0 spiro atoms. The number of hydrogen-bond donors (Lipinski definition) is 3. The van der Waals surface area contributed by atoms with E-state index in [9.17, 15) is 4.79 Å². The predicted octanol–water partition coefficient (Wildman–Crippen LogP) is 2.41. The minimum absolute atomic E-state index is 0. The number of hydrogen-bond acceptors (Lipinski definition) is 4. The largest absolute Gasteiger partial charge is 0.358 e. The zero-order chi connectivity index (χ0) is 21.2. The standard InChI is InChI=1S/C23H44N6O.HI/c1-3-25-23(27-20-11-14-28(15-12-20)18-22(30)24-2)26-16-21-10-7-13-29(21)17-19-8-5-4-6-9-19;/h19-21H,3-18H2,1-2H3,(H,24,30)(H2,25,26,27);1H. The average Bonchev–Trinajstić information content (AvgIpc) is 3.21. The Morgan fingerprint density at radius 2 is 1.74 bits per heavy atom. The first kappa shape index (κ1) is 26.6. The van der Waals surface area contributed by atoms with Crippen molar-refractivity contribution in [3.8, 4) is 0 Å². The Morgan fingerprint density at radius 1 is 1.00 bits per heavy atom. The van der Waals surface area contributed by atoms with Crippen molar-refractivity contribution in [1.82, 2.24) is 25.8 Å². The number of carbonyl (C=O) groups is 1. The first-order chi connectivity index (χ1) is 14.7. The van der Waals surface area contributed by atoms with Crippen LogP contribution in [-0.4, -0.2) is 86.6 Å². The molecule has 7 nitrogen and oxygen atoms in total. The second-order valence-corrected chi connectivity index (χ2v) is 9.38. The van der Waals surface area contributed by atoms with Crippen molar-refractivity contribution in [1.29, 1.82) is 0 Å². The highest BCUT2D eigenvalue weighted by molar-refractivity contribution is 14.0. The van der Waals surface area contributed by atoms with E-state index in [1.54, 1.807) is 7.05 Å². The Balaban J connectivity index is 0.00000341. The molecule has 3 fully saturated rings. The van der Waals surface area contributed by atoms with Gasteiger partial charge in [0.1, 0.15) is 0 Å². The molecule has 8 heteroatoms. The quantitative estimate of drug-likeness (QED) is 0.247. The molecular formula is C23H45IN6O. The molecule has 1 atom stereocenters. The molecule has 0 aromatic heterocycles. The lowest BCUT2D eigenvalue weighted by molar-refractivity contribution is -0.122. The van der Waals surface area contributed by atoms with Gasteiger partial charge in [0.05, 0.1) is 13.1 Å². The maximum Gasteiger partial charge on any atom is 0.233 e. The normalized spacial score (nSPS) is 24.6. The van der Waals surface area contributed by atoms with E-state index in [1.807, 2.05) is 0 Å². The number of piperidine rings is 1. The summed E-state index contributed by atoms with van der Waals surface area (Å²) in [6.07, 6.45) is 11.9. The summed E-state index contributed by atoms with van der Waals surface area (Å²) in [5, 5.41) is 9.82. The Morgan fingerprint density at radius 3 is 2.42 bits per heavy atom. The summed E-state index contributed by atoms with van der Waals surface area (Å²) in [6, 6.07) is 1.04. The van der Waals surface area contributed by atoms with Crippen molar-refractivity contribution in [3.63, 3.8) is 0 Å². The van der Waals surface area contributed by atoms with Crippen LogP contribution in [0.15, 0.2) is 4.99 Å². The fourth-order valence-electron chi connectivity index (χ4n) is 5.27. The maximum atomic E-state index is 11.6. The molecule has 0 bridgehead atoms. The van der Waals surface area contributed by atoms with Crippen molar-refractivity contribution < 1.29 is 4.79 Å². The number of aliphatic imine (C=N–C) groups is 1. The fraction of sp³-hybridized carbons (Fsp3) is 0.913. The first-order valence-corrected chi connectivity index (χ1v) is 12.4. The molecule has 31 heavy (non-hydrogen) atoms. The van der Waals surface area contributed by atoms with Crippen LogP contribution in [0.25, 0.3) is 0 Å². The maximum absolute atomic E-state index is 11.6. The van der Waals surface area contributed by atoms with E-state index < -0.39 is 0 Å². The van der Waals surface area contributed by atoms with Gasteiger partial charge in [0.2, 0.25) is 5.91 Å². The summed E-state index contributed by atoms with van der Waals surface area (Å²) >= 11 is 0. The number of nitrogens with zero attached hydrogens (tertiary/aromatic N) is 3. The van der Waals surface area contributed by atoms with Gasteiger partial charge in [0.25, 0.3) is 0 Å². The molecule has 1 unspecified atom stereocenters. The van der Waals surface area contributed by atoms with Crippen LogP contribution in [0.1, 0.15) is 64.7 Å². The lowest BCUT2D eigenvalue weighted by Crippen LogP contribution is -2.50. The zero-order valence-electron chi connectivity index (χ0n) is 19.7. The van der Waals surface area contributed by atoms with Gasteiger partial charge in [-0.05, 0) is 57.9 Å². The molecule has 0 radical (unpaired) electrons. The van der Waals surface area contributed by atoms with Gasteiger partial charge in [-0.2, -0.15) is 0 Å². The van der Waals surface area contributed by atoms with Gasteiger partial charge in [-0.25, -0.2) is 0 Å². The summed E-state index contributed by atoms with van der Waals surface area (Å²) in [6.45, 7) is 8.89. The molecular weight excluding hydrogens is 503 g/mol. The van der Waals surface area contributed by atoms with E-state index >= 15 is 0 Å². The molecule has 2 saturated heterocycles. The number of likely N-dealkylation sites (N-methyl/N-ethyl adjacent to an activating group) is 1. The molecule has 2 aliphatic heterocycles. The summed E-state index contributed by atoms with van der Waals surface area (Å²) in [5.41, 5.74) is 0. The van der Waals surface area contributed by atoms with Gasteiger partial charge in [-0.3, -0.25) is 19.6 Å². The van der Waals surface area contributed by atoms with Crippen molar-refractivity contribution in [3.05, 3.63) is 0 Å². The van der Waals surface area contributed by atoms with E-state index in [4.69, 9.17) is 4.99 Å². The molecule has 0 aromatic rings. The summed E-state index contributed by atoms with van der Waals surface area (Å²) in [4.78, 5) is 21.5. The average molecular weight is 549 g/mol. The number of rotatable bonds is 8. The minimum Gasteiger partial charge on any atom is -0.358 e. The topological polar surface area (TPSA) is 72.0 Å². The second-order valence-electron chi connectivity index (χ2n) is 9.38. The van der Waals surface area contributed by atoms with E-state index in [1.165, 1.54) is 58.0 Å². The Kier molecular flexibility index (Phi) is 12.5. The van der Waals surface area contributed by atoms with E-state index in [2.05, 4.69) is 32.7 Å². The third-order valence-corrected chi connectivity index (χ3v) is 7.10. The van der Waals surface area contributed by atoms with E-state index in [0.29, 0.717) is 18.6 Å². The van der Waals surface area contributed by atoms with Crippen molar-refractivity contribution >= 4 is 35.8 Å². The van der Waals surface area contributed by atoms with Crippen LogP contribution in [0, 0.1) is 5.92 Å². The summed E-state index contributed by atoms with van der Waals surface area (Å²) < 4.78 is 0. The lowest BCUT2D eigenvalue weighted by atomic mass is 9.89. The molecule has 3 rings (SSSR count). The smallest absolute Gasteiger partial charge is 0.233 e. The van der Waals surface area contributed by atoms with Crippen molar-refractivity contribution in [2.24, 2.45) is 10.9 Å². The fourth-order valence-corrected chi connectivity index (χ4v) is 5.27. The van der Waals surface area contributed by atoms with Gasteiger partial charge in [-0.15, -0.1) is 24.0 Å². The Bertz CT molecular complexity index is 546. The van der Waals surface area contributed by atoms with Gasteiger partial charge < -0.3 is 16.0 Å². The molecule has 2 heterocycles. The van der Waals surface area contributed by atoms with Crippen LogP contribution in [0.3, 0.4) is 0 Å². The van der Waals surface area contributed by atoms with Gasteiger partial charge in [0.15, 0.2) is 5.96 Å². The number of halogens is 1. The lowest BCUT2D eigenvalue weighted by Gasteiger charge is -2.33. The van der Waals surface area contributed by atoms with Crippen molar-refractivity contribution in [2.75, 3.05) is 52.9 Å². The molecule has 0 aromatic carbocycles. The molecule has 1 saturated carbocycles. The molecule has 3 N–H and O–H groups in total. The highest BCUT2D eigenvalue weighted by Crippen LogP contribution is 2.27. The molecule has 3 aliphatic rings.